The van der Waals surface area contributed by atoms with Gasteiger partial charge >= 0.3 is 0 Å². The second kappa shape index (κ2) is 7.94. The SMILES string of the molecule is CC(C)(C)[Si](OC1CCCc2nc(C3(N)CC3)ccc21)(c1ccccc1)c1ccccc1. The quantitative estimate of drug-likeness (QED) is 0.567. The third-order valence-corrected chi connectivity index (χ3v) is 12.3. The first kappa shape index (κ1) is 21.6. The van der Waals surface area contributed by atoms with E-state index in [1.807, 2.05) is 0 Å². The van der Waals surface area contributed by atoms with Crippen molar-refractivity contribution < 1.29 is 4.43 Å². The Morgan fingerprint density at radius 1 is 0.906 bits per heavy atom. The van der Waals surface area contributed by atoms with Crippen LogP contribution in [0.1, 0.15) is 69.5 Å². The summed E-state index contributed by atoms with van der Waals surface area (Å²) in [6.45, 7) is 7.03. The molecule has 5 rings (SSSR count). The lowest BCUT2D eigenvalue weighted by atomic mass is 9.92. The van der Waals surface area contributed by atoms with Crippen molar-refractivity contribution in [3.05, 3.63) is 89.7 Å². The minimum Gasteiger partial charge on any atom is -0.400 e. The van der Waals surface area contributed by atoms with Gasteiger partial charge in [0, 0.05) is 11.3 Å². The fourth-order valence-electron chi connectivity index (χ4n) is 5.31. The van der Waals surface area contributed by atoms with Crippen molar-refractivity contribution in [2.24, 2.45) is 5.73 Å². The number of fused-ring (bicyclic) bond motifs is 1. The molecule has 1 heterocycles. The maximum absolute atomic E-state index is 7.45. The van der Waals surface area contributed by atoms with Gasteiger partial charge in [0.2, 0.25) is 0 Å². The predicted molar refractivity (Wildman–Crippen MR) is 134 cm³/mol. The number of hydrogen-bond acceptors (Lipinski definition) is 3. The Hall–Kier alpha value is -2.27. The van der Waals surface area contributed by atoms with E-state index in [1.54, 1.807) is 0 Å². The van der Waals surface area contributed by atoms with Crippen LogP contribution in [-0.4, -0.2) is 13.3 Å². The lowest BCUT2D eigenvalue weighted by molar-refractivity contribution is 0.168. The molecule has 32 heavy (non-hydrogen) atoms. The third kappa shape index (κ3) is 3.64. The van der Waals surface area contributed by atoms with Crippen molar-refractivity contribution >= 4 is 18.7 Å². The van der Waals surface area contributed by atoms with Crippen LogP contribution >= 0.6 is 0 Å². The molecule has 2 aliphatic rings. The Morgan fingerprint density at radius 3 is 2.03 bits per heavy atom. The van der Waals surface area contributed by atoms with Crippen LogP contribution in [0.2, 0.25) is 5.04 Å². The van der Waals surface area contributed by atoms with Crippen molar-refractivity contribution in [2.45, 2.75) is 69.6 Å². The van der Waals surface area contributed by atoms with Crippen LogP contribution in [0.3, 0.4) is 0 Å². The second-order valence-corrected chi connectivity index (χ2v) is 14.8. The lowest BCUT2D eigenvalue weighted by Gasteiger charge is -2.46. The Kier molecular flexibility index (Phi) is 5.35. The Morgan fingerprint density at radius 2 is 1.50 bits per heavy atom. The molecule has 0 saturated heterocycles. The maximum atomic E-state index is 7.45. The van der Waals surface area contributed by atoms with Gasteiger partial charge in [0.25, 0.3) is 8.32 Å². The first-order valence-electron chi connectivity index (χ1n) is 11.9. The Bertz CT molecular complexity index is 1050. The van der Waals surface area contributed by atoms with Gasteiger partial charge in [0.15, 0.2) is 0 Å². The average molecular weight is 443 g/mol. The summed E-state index contributed by atoms with van der Waals surface area (Å²) >= 11 is 0. The van der Waals surface area contributed by atoms with E-state index >= 15 is 0 Å². The van der Waals surface area contributed by atoms with E-state index in [4.69, 9.17) is 15.1 Å². The van der Waals surface area contributed by atoms with Gasteiger partial charge in [-0.25, -0.2) is 0 Å². The molecule has 2 N–H and O–H groups in total. The van der Waals surface area contributed by atoms with Gasteiger partial charge in [0.1, 0.15) is 0 Å². The normalized spacial score (nSPS) is 19.9. The van der Waals surface area contributed by atoms with E-state index in [0.29, 0.717) is 0 Å². The van der Waals surface area contributed by atoms with E-state index < -0.39 is 8.32 Å². The van der Waals surface area contributed by atoms with Gasteiger partial charge in [-0.2, -0.15) is 0 Å². The molecule has 0 aliphatic heterocycles. The zero-order valence-corrected chi connectivity index (χ0v) is 20.5. The minimum absolute atomic E-state index is 0.0317. The van der Waals surface area contributed by atoms with Crippen molar-refractivity contribution in [3.63, 3.8) is 0 Å². The first-order valence-corrected chi connectivity index (χ1v) is 13.8. The van der Waals surface area contributed by atoms with Crippen molar-refractivity contribution in [1.82, 2.24) is 4.98 Å². The summed E-state index contributed by atoms with van der Waals surface area (Å²) in [4.78, 5) is 5.05. The molecular weight excluding hydrogens is 408 g/mol. The lowest BCUT2D eigenvalue weighted by Crippen LogP contribution is -2.67. The molecule has 4 heteroatoms. The van der Waals surface area contributed by atoms with Crippen LogP contribution in [0.15, 0.2) is 72.8 Å². The van der Waals surface area contributed by atoms with Gasteiger partial charge in [-0.1, -0.05) is 87.5 Å². The fourth-order valence-corrected chi connectivity index (χ4v) is 10.00. The molecule has 2 aliphatic carbocycles. The number of aromatic nitrogens is 1. The number of aryl methyl sites for hydroxylation is 1. The summed E-state index contributed by atoms with van der Waals surface area (Å²) in [5.41, 5.74) is 9.77. The summed E-state index contributed by atoms with van der Waals surface area (Å²) < 4.78 is 7.45. The Balaban J connectivity index is 1.62. The highest BCUT2D eigenvalue weighted by molar-refractivity contribution is 6.99. The van der Waals surface area contributed by atoms with Gasteiger partial charge in [-0.05, 0) is 53.6 Å². The van der Waals surface area contributed by atoms with Crippen LogP contribution in [0.4, 0.5) is 0 Å². The molecule has 1 fully saturated rings. The molecule has 3 aromatic rings. The van der Waals surface area contributed by atoms with E-state index in [-0.39, 0.29) is 16.7 Å². The summed E-state index contributed by atoms with van der Waals surface area (Å²) in [5.74, 6) is 0. The highest BCUT2D eigenvalue weighted by atomic mass is 28.4. The maximum Gasteiger partial charge on any atom is 0.261 e. The largest absolute Gasteiger partial charge is 0.400 e. The van der Waals surface area contributed by atoms with Crippen molar-refractivity contribution in [2.75, 3.05) is 0 Å². The predicted octanol–water partition coefficient (Wildman–Crippen LogP) is 4.98. The third-order valence-electron chi connectivity index (χ3n) is 7.27. The highest BCUT2D eigenvalue weighted by Gasteiger charge is 2.52. The number of rotatable bonds is 5. The molecule has 166 valence electrons. The van der Waals surface area contributed by atoms with Gasteiger partial charge in [0.05, 0.1) is 17.3 Å². The topological polar surface area (TPSA) is 48.1 Å². The average Bonchev–Trinajstić information content (AvgIpc) is 3.56. The highest BCUT2D eigenvalue weighted by Crippen LogP contribution is 2.45. The molecule has 0 amide bonds. The standard InChI is InChI=1S/C28H34N2OSi/c1-27(2,3)32(21-11-6-4-7-12-21,22-13-8-5-9-14-22)31-25-16-10-15-24-23(25)17-18-26(30-24)28(29)19-20-28/h4-9,11-14,17-18,25H,10,15-16,19-20,29H2,1-3H3. The molecule has 1 atom stereocenters. The zero-order valence-electron chi connectivity index (χ0n) is 19.5. The molecule has 0 bridgehead atoms. The van der Waals surface area contributed by atoms with Crippen LogP contribution in [0.25, 0.3) is 0 Å². The zero-order chi connectivity index (χ0) is 22.4. The first-order chi connectivity index (χ1) is 15.3. The fraction of sp³-hybridized carbons (Fsp3) is 0.393. The minimum atomic E-state index is -2.60. The van der Waals surface area contributed by atoms with Crippen LogP contribution in [0.5, 0.6) is 0 Å². The van der Waals surface area contributed by atoms with Crippen molar-refractivity contribution in [3.8, 4) is 0 Å². The molecule has 2 aromatic carbocycles. The van der Waals surface area contributed by atoms with Gasteiger partial charge < -0.3 is 10.2 Å². The molecule has 3 nitrogen and oxygen atoms in total. The van der Waals surface area contributed by atoms with Gasteiger partial charge in [-0.3, -0.25) is 4.98 Å². The monoisotopic (exact) mass is 442 g/mol. The number of pyridine rings is 1. The van der Waals surface area contributed by atoms with Crippen LogP contribution in [-0.2, 0) is 16.4 Å². The summed E-state index contributed by atoms with van der Waals surface area (Å²) in [6, 6.07) is 26.2. The number of nitrogens with two attached hydrogens (primary N) is 1. The molecule has 1 saturated carbocycles. The van der Waals surface area contributed by atoms with Gasteiger partial charge in [-0.15, -0.1) is 0 Å². The van der Waals surface area contributed by atoms with E-state index in [0.717, 1.165) is 37.8 Å². The van der Waals surface area contributed by atoms with E-state index in [1.165, 1.54) is 21.6 Å². The summed E-state index contributed by atoms with van der Waals surface area (Å²) in [5, 5.41) is 2.62. The molecular formula is C28H34N2OSi. The van der Waals surface area contributed by atoms with Crippen molar-refractivity contribution in [1.29, 1.82) is 0 Å². The van der Waals surface area contributed by atoms with E-state index in [9.17, 15) is 0 Å². The number of nitrogens with zero attached hydrogens (tertiary/aromatic N) is 1. The molecule has 0 spiro atoms. The smallest absolute Gasteiger partial charge is 0.261 e. The van der Waals surface area contributed by atoms with E-state index in [2.05, 4.69) is 93.6 Å². The Labute approximate surface area is 193 Å². The summed E-state index contributed by atoms with van der Waals surface area (Å²) in [7, 11) is -2.60. The number of benzene rings is 2. The molecule has 0 radical (unpaired) electrons. The molecule has 1 unspecified atom stereocenters. The summed E-state index contributed by atoms with van der Waals surface area (Å²) in [6.07, 6.45) is 5.29. The van der Waals surface area contributed by atoms with Crippen LogP contribution < -0.4 is 16.1 Å². The molecule has 1 aromatic heterocycles. The second-order valence-electron chi connectivity index (χ2n) is 10.6. The number of hydrogen-bond donors (Lipinski definition) is 1. The van der Waals surface area contributed by atoms with Crippen LogP contribution in [0, 0.1) is 0 Å².